The fourth-order valence-corrected chi connectivity index (χ4v) is 9.72. The average molecular weight is 743 g/mol. The maximum Gasteiger partial charge on any atom is 0.136 e. The third kappa shape index (κ3) is 5.51. The predicted octanol–water partition coefficient (Wildman–Crippen LogP) is 9.99. The van der Waals surface area contributed by atoms with Crippen LogP contribution in [0.3, 0.4) is 0 Å². The Balaban J connectivity index is 0.871. The van der Waals surface area contributed by atoms with Gasteiger partial charge in [0.15, 0.2) is 0 Å². The summed E-state index contributed by atoms with van der Waals surface area (Å²) < 4.78 is 15.5. The number of nitrogens with one attached hydrogen (secondary N) is 3. The van der Waals surface area contributed by atoms with Crippen LogP contribution in [0.25, 0.3) is 83.7 Å². The number of nitrogens with zero attached hydrogens (tertiary/aromatic N) is 1. The molecule has 4 heterocycles. The molecule has 0 radical (unpaired) electrons. The van der Waals surface area contributed by atoms with Crippen LogP contribution in [-0.2, 0) is 0 Å². The van der Waals surface area contributed by atoms with E-state index in [0.717, 1.165) is 87.2 Å². The van der Waals surface area contributed by atoms with E-state index in [1.54, 1.807) is 0 Å². The summed E-state index contributed by atoms with van der Waals surface area (Å²) in [6.45, 7) is 0. The molecule has 3 aliphatic carbocycles. The van der Waals surface area contributed by atoms with E-state index in [9.17, 15) is 0 Å². The highest BCUT2D eigenvalue weighted by molar-refractivity contribution is 6.11. The zero-order valence-electron chi connectivity index (χ0n) is 31.5. The van der Waals surface area contributed by atoms with Gasteiger partial charge < -0.3 is 13.4 Å². The Kier molecular flexibility index (Phi) is 7.65. The van der Waals surface area contributed by atoms with Crippen molar-refractivity contribution in [1.82, 2.24) is 20.5 Å². The lowest BCUT2D eigenvalue weighted by molar-refractivity contribution is 0.208. The van der Waals surface area contributed by atoms with Gasteiger partial charge >= 0.3 is 0 Å². The molecular formula is C51H42N4O2. The van der Waals surface area contributed by atoms with Crippen LogP contribution in [0.1, 0.15) is 32.1 Å². The second-order valence-corrected chi connectivity index (χ2v) is 16.0. The molecule has 1 aliphatic heterocycles. The van der Waals surface area contributed by atoms with Crippen molar-refractivity contribution in [3.8, 4) is 16.8 Å². The van der Waals surface area contributed by atoms with Gasteiger partial charge in [-0.25, -0.2) is 0 Å². The Morgan fingerprint density at radius 3 is 2.21 bits per heavy atom. The number of para-hydroxylation sites is 2. The van der Waals surface area contributed by atoms with Gasteiger partial charge in [-0.1, -0.05) is 91.1 Å². The quantitative estimate of drug-likeness (QED) is 0.164. The monoisotopic (exact) mass is 742 g/mol. The fraction of sp³-hybridized carbons (Fsp3) is 0.176. The zero-order valence-corrected chi connectivity index (χ0v) is 31.5. The molecule has 6 nitrogen and oxygen atoms in total. The van der Waals surface area contributed by atoms with Crippen LogP contribution in [-0.4, -0.2) is 23.1 Å². The van der Waals surface area contributed by atoms with E-state index < -0.39 is 0 Å². The molecule has 1 fully saturated rings. The first kappa shape index (κ1) is 33.0. The summed E-state index contributed by atoms with van der Waals surface area (Å²) in [5.41, 5.74) is 12.2. The van der Waals surface area contributed by atoms with Crippen molar-refractivity contribution in [3.63, 3.8) is 0 Å². The van der Waals surface area contributed by atoms with Crippen molar-refractivity contribution >= 4 is 66.9 Å². The van der Waals surface area contributed by atoms with E-state index >= 15 is 0 Å². The lowest BCUT2D eigenvalue weighted by atomic mass is 9.92. The Hall–Kier alpha value is -6.18. The van der Waals surface area contributed by atoms with E-state index in [4.69, 9.17) is 8.83 Å². The highest BCUT2D eigenvalue weighted by atomic mass is 16.3. The number of hydrogen-bond acceptors (Lipinski definition) is 5. The normalized spacial score (nSPS) is 22.2. The van der Waals surface area contributed by atoms with E-state index in [1.807, 2.05) is 0 Å². The van der Waals surface area contributed by atoms with E-state index in [2.05, 4.69) is 172 Å². The maximum absolute atomic E-state index is 6.57. The smallest absolute Gasteiger partial charge is 0.136 e. The summed E-state index contributed by atoms with van der Waals surface area (Å²) in [6.07, 6.45) is 24.0. The lowest BCUT2D eigenvalue weighted by Gasteiger charge is -2.43. The fourth-order valence-electron chi connectivity index (χ4n) is 9.72. The van der Waals surface area contributed by atoms with Crippen molar-refractivity contribution in [1.29, 1.82) is 0 Å². The van der Waals surface area contributed by atoms with Crippen LogP contribution in [0.4, 0.5) is 0 Å². The standard InChI is InChI=1S/C51H42N4O2/c1-3-11-31(12-4-1)49-52-50(32-13-5-2-6-14-32)54-51(53-49)35-20-24-39-41-27-33(21-25-45(41)56-48(39)29-35)34-19-23-40-42-30-36(22-26-46(42)57-47(40)28-34)55-43-17-9-7-15-37(43)38-16-8-10-18-44(38)55/h1,3,5,7-11,13-19,21-30,35,49-54H,2,4,6,12,20H2. The molecule has 0 amide bonds. The Labute approximate surface area is 329 Å². The maximum atomic E-state index is 6.57. The second kappa shape index (κ2) is 13.2. The molecule has 0 spiro atoms. The van der Waals surface area contributed by atoms with Gasteiger partial charge in [0.1, 0.15) is 22.2 Å². The van der Waals surface area contributed by atoms with Crippen LogP contribution in [0.2, 0.25) is 0 Å². The molecule has 3 aromatic heterocycles. The molecule has 5 aromatic carbocycles. The minimum absolute atomic E-state index is 0.0869. The molecule has 0 saturated carbocycles. The van der Waals surface area contributed by atoms with Gasteiger partial charge in [-0.3, -0.25) is 16.0 Å². The summed E-state index contributed by atoms with van der Waals surface area (Å²) >= 11 is 0. The van der Waals surface area contributed by atoms with E-state index in [0.29, 0.717) is 0 Å². The largest absolute Gasteiger partial charge is 0.456 e. The molecule has 6 heteroatoms. The summed E-state index contributed by atoms with van der Waals surface area (Å²) in [5, 5.41) is 18.8. The van der Waals surface area contributed by atoms with Gasteiger partial charge in [0.05, 0.1) is 29.5 Å². The topological polar surface area (TPSA) is 67.3 Å². The first-order valence-electron chi connectivity index (χ1n) is 20.4. The molecule has 8 aromatic rings. The number of fused-ring (bicyclic) bond motifs is 9. The minimum Gasteiger partial charge on any atom is -0.456 e. The highest BCUT2D eigenvalue weighted by Crippen LogP contribution is 2.37. The summed E-state index contributed by atoms with van der Waals surface area (Å²) in [6, 6.07) is 37.0. The predicted molar refractivity (Wildman–Crippen MR) is 233 cm³/mol. The molecule has 12 rings (SSSR count). The molecule has 57 heavy (non-hydrogen) atoms. The number of furan rings is 2. The number of hydrogen-bond donors (Lipinski definition) is 3. The second-order valence-electron chi connectivity index (χ2n) is 16.0. The van der Waals surface area contributed by atoms with Crippen molar-refractivity contribution in [3.05, 3.63) is 161 Å². The van der Waals surface area contributed by atoms with Crippen LogP contribution in [0.15, 0.2) is 160 Å². The third-order valence-electron chi connectivity index (χ3n) is 12.6. The van der Waals surface area contributed by atoms with Gasteiger partial charge in [-0.15, -0.1) is 0 Å². The van der Waals surface area contributed by atoms with Gasteiger partial charge in [0.25, 0.3) is 0 Å². The van der Waals surface area contributed by atoms with E-state index in [-0.39, 0.29) is 24.4 Å². The van der Waals surface area contributed by atoms with Crippen LogP contribution >= 0.6 is 0 Å². The number of benzene rings is 5. The van der Waals surface area contributed by atoms with Crippen LogP contribution in [0.5, 0.6) is 0 Å². The first-order valence-corrected chi connectivity index (χ1v) is 20.4. The Morgan fingerprint density at radius 2 is 1.39 bits per heavy atom. The third-order valence-corrected chi connectivity index (χ3v) is 12.6. The molecule has 4 aliphatic rings. The highest BCUT2D eigenvalue weighted by Gasteiger charge is 2.34. The van der Waals surface area contributed by atoms with Gasteiger partial charge in [0, 0.05) is 43.8 Å². The summed E-state index contributed by atoms with van der Waals surface area (Å²) in [5.74, 6) is 0.239. The molecule has 1 saturated heterocycles. The zero-order chi connectivity index (χ0) is 37.5. The molecule has 3 N–H and O–H groups in total. The first-order chi connectivity index (χ1) is 28.2. The van der Waals surface area contributed by atoms with Gasteiger partial charge in [-0.2, -0.15) is 0 Å². The minimum atomic E-state index is 0.0869. The van der Waals surface area contributed by atoms with Crippen molar-refractivity contribution < 1.29 is 8.83 Å². The molecular weight excluding hydrogens is 701 g/mol. The Bertz CT molecular complexity index is 3130. The van der Waals surface area contributed by atoms with Crippen LogP contribution < -0.4 is 26.6 Å². The van der Waals surface area contributed by atoms with Crippen molar-refractivity contribution in [2.24, 2.45) is 5.92 Å². The van der Waals surface area contributed by atoms with Crippen LogP contribution in [0, 0.1) is 5.92 Å². The number of allylic oxidation sites excluding steroid dienone is 5. The SMILES string of the molecule is C1=CCCC(C2NC(C3=CCCC=C3)NC(C3C=c4oc5ccc(-c6ccc7c(c6)oc6ccc(-n8c9ccccc9c9ccccc98)cc67)cc5c4=CC3)N2)=C1. The van der Waals surface area contributed by atoms with Gasteiger partial charge in [-0.05, 0) is 115 Å². The Morgan fingerprint density at radius 1 is 0.596 bits per heavy atom. The summed E-state index contributed by atoms with van der Waals surface area (Å²) in [4.78, 5) is 0. The van der Waals surface area contributed by atoms with E-state index in [1.165, 1.54) is 38.2 Å². The number of rotatable bonds is 5. The number of aromatic nitrogens is 1. The summed E-state index contributed by atoms with van der Waals surface area (Å²) in [7, 11) is 0. The molecule has 4 atom stereocenters. The van der Waals surface area contributed by atoms with Gasteiger partial charge in [0.2, 0.25) is 0 Å². The molecule has 0 bridgehead atoms. The average Bonchev–Trinajstić information content (AvgIpc) is 3.95. The van der Waals surface area contributed by atoms with Crippen molar-refractivity contribution in [2.75, 3.05) is 0 Å². The van der Waals surface area contributed by atoms with Crippen molar-refractivity contribution in [2.45, 2.75) is 50.6 Å². The lowest BCUT2D eigenvalue weighted by Crippen LogP contribution is -2.69. The molecule has 278 valence electrons. The molecule has 4 unspecified atom stereocenters.